The smallest absolute Gasteiger partial charge is 0.243 e. The van der Waals surface area contributed by atoms with E-state index in [4.69, 9.17) is 4.74 Å². The molecule has 0 fully saturated rings. The van der Waals surface area contributed by atoms with Crippen LogP contribution < -0.4 is 20.7 Å². The third-order valence-corrected chi connectivity index (χ3v) is 4.82. The van der Waals surface area contributed by atoms with E-state index in [1.807, 2.05) is 19.1 Å². The predicted molar refractivity (Wildman–Crippen MR) is 120 cm³/mol. The second kappa shape index (κ2) is 11.9. The van der Waals surface area contributed by atoms with Gasteiger partial charge in [0, 0.05) is 16.2 Å². The van der Waals surface area contributed by atoms with Gasteiger partial charge in [-0.1, -0.05) is 25.1 Å². The molecule has 0 aliphatic rings. The second-order valence-electron chi connectivity index (χ2n) is 6.39. The number of anilines is 2. The largest absolute Gasteiger partial charge is 0.497 e. The summed E-state index contributed by atoms with van der Waals surface area (Å²) in [4.78, 5) is 38.1. The lowest BCUT2D eigenvalue weighted by atomic mass is 10.3. The summed E-state index contributed by atoms with van der Waals surface area (Å²) in [7, 11) is 1.55. The maximum Gasteiger partial charge on any atom is 0.243 e. The van der Waals surface area contributed by atoms with E-state index in [0.717, 1.165) is 4.47 Å². The first kappa shape index (κ1) is 23.4. The highest BCUT2D eigenvalue weighted by Crippen LogP contribution is 2.20. The summed E-state index contributed by atoms with van der Waals surface area (Å²) >= 11 is 3.35. The van der Waals surface area contributed by atoms with Crippen molar-refractivity contribution in [3.63, 3.8) is 0 Å². The molecule has 160 valence electrons. The van der Waals surface area contributed by atoms with Crippen molar-refractivity contribution in [1.29, 1.82) is 0 Å². The number of carbonyl (C=O) groups excluding carboxylic acids is 3. The Balaban J connectivity index is 1.77. The number of amides is 3. The Labute approximate surface area is 184 Å². The number of nitrogens with zero attached hydrogens (tertiary/aromatic N) is 1. The normalized spacial score (nSPS) is 10.4. The van der Waals surface area contributed by atoms with Gasteiger partial charge in [-0.15, -0.1) is 0 Å². The molecule has 2 rings (SSSR count). The van der Waals surface area contributed by atoms with E-state index < -0.39 is 0 Å². The zero-order chi connectivity index (χ0) is 21.9. The van der Waals surface area contributed by atoms with E-state index in [1.54, 1.807) is 48.4 Å². The van der Waals surface area contributed by atoms with Crippen LogP contribution in [0.25, 0.3) is 0 Å². The maximum atomic E-state index is 12.3. The number of hydrogen-bond donors (Lipinski definition) is 3. The first-order chi connectivity index (χ1) is 14.4. The highest BCUT2D eigenvalue weighted by Gasteiger charge is 2.14. The summed E-state index contributed by atoms with van der Waals surface area (Å²) in [5, 5.41) is 8.06. The van der Waals surface area contributed by atoms with Crippen molar-refractivity contribution in [2.45, 2.75) is 6.92 Å². The first-order valence-corrected chi connectivity index (χ1v) is 10.2. The Morgan fingerprint density at radius 3 is 2.40 bits per heavy atom. The molecule has 2 aromatic rings. The average Bonchev–Trinajstić information content (AvgIpc) is 2.73. The molecule has 30 heavy (non-hydrogen) atoms. The van der Waals surface area contributed by atoms with Gasteiger partial charge in [0.05, 0.1) is 32.4 Å². The monoisotopic (exact) mass is 476 g/mol. The van der Waals surface area contributed by atoms with E-state index in [0.29, 0.717) is 23.7 Å². The number of ether oxygens (including phenoxy) is 1. The van der Waals surface area contributed by atoms with Crippen molar-refractivity contribution in [2.75, 3.05) is 43.9 Å². The Bertz CT molecular complexity index is 891. The molecular weight excluding hydrogens is 452 g/mol. The van der Waals surface area contributed by atoms with Crippen molar-refractivity contribution in [2.24, 2.45) is 0 Å². The van der Waals surface area contributed by atoms with E-state index in [2.05, 4.69) is 31.9 Å². The van der Waals surface area contributed by atoms with Gasteiger partial charge in [0.25, 0.3) is 0 Å². The Morgan fingerprint density at radius 2 is 1.70 bits per heavy atom. The highest BCUT2D eigenvalue weighted by atomic mass is 79.9. The van der Waals surface area contributed by atoms with Gasteiger partial charge in [0.2, 0.25) is 17.7 Å². The number of hydrogen-bond acceptors (Lipinski definition) is 5. The fraction of sp³-hybridized carbons (Fsp3) is 0.286. The molecule has 0 aliphatic carbocycles. The number of halogens is 1. The molecule has 3 amide bonds. The summed E-state index contributed by atoms with van der Waals surface area (Å²) in [6.45, 7) is 2.25. The van der Waals surface area contributed by atoms with E-state index in [-0.39, 0.29) is 37.4 Å². The van der Waals surface area contributed by atoms with Crippen LogP contribution in [-0.4, -0.2) is 55.9 Å². The minimum Gasteiger partial charge on any atom is -0.497 e. The SMILES string of the molecule is CCN(CC(=O)NCC(=O)Nc1ccccc1Br)CC(=O)Nc1cccc(OC)c1. The predicted octanol–water partition coefficient (Wildman–Crippen LogP) is 2.47. The van der Waals surface area contributed by atoms with E-state index in [1.165, 1.54) is 0 Å². The van der Waals surface area contributed by atoms with Gasteiger partial charge in [0.1, 0.15) is 5.75 Å². The molecule has 0 radical (unpaired) electrons. The fourth-order valence-corrected chi connectivity index (χ4v) is 2.96. The Morgan fingerprint density at radius 1 is 0.967 bits per heavy atom. The molecule has 9 heteroatoms. The van der Waals surface area contributed by atoms with Crippen LogP contribution in [-0.2, 0) is 14.4 Å². The molecule has 0 heterocycles. The maximum absolute atomic E-state index is 12.3. The van der Waals surface area contributed by atoms with Crippen molar-refractivity contribution in [1.82, 2.24) is 10.2 Å². The van der Waals surface area contributed by atoms with Crippen LogP contribution in [0.1, 0.15) is 6.92 Å². The highest BCUT2D eigenvalue weighted by molar-refractivity contribution is 9.10. The van der Waals surface area contributed by atoms with Gasteiger partial charge in [-0.3, -0.25) is 19.3 Å². The van der Waals surface area contributed by atoms with Crippen LogP contribution in [0.2, 0.25) is 0 Å². The van der Waals surface area contributed by atoms with E-state index >= 15 is 0 Å². The minimum absolute atomic E-state index is 0.00431. The lowest BCUT2D eigenvalue weighted by Crippen LogP contribution is -2.43. The number of methoxy groups -OCH3 is 1. The molecule has 0 aliphatic heterocycles. The lowest BCUT2D eigenvalue weighted by molar-refractivity contribution is -0.125. The summed E-state index contributed by atoms with van der Waals surface area (Å²) < 4.78 is 5.89. The van der Waals surface area contributed by atoms with E-state index in [9.17, 15) is 14.4 Å². The lowest BCUT2D eigenvalue weighted by Gasteiger charge is -2.19. The van der Waals surface area contributed by atoms with Gasteiger partial charge in [0.15, 0.2) is 0 Å². The average molecular weight is 477 g/mol. The molecule has 0 spiro atoms. The van der Waals surface area contributed by atoms with Gasteiger partial charge in [-0.25, -0.2) is 0 Å². The Hall–Kier alpha value is -2.91. The number of rotatable bonds is 10. The zero-order valence-corrected chi connectivity index (χ0v) is 18.5. The second-order valence-corrected chi connectivity index (χ2v) is 7.24. The fourth-order valence-electron chi connectivity index (χ4n) is 2.58. The van der Waals surface area contributed by atoms with Gasteiger partial charge in [-0.05, 0) is 46.7 Å². The van der Waals surface area contributed by atoms with Crippen molar-refractivity contribution >= 4 is 45.0 Å². The molecule has 0 saturated heterocycles. The third-order valence-electron chi connectivity index (χ3n) is 4.13. The first-order valence-electron chi connectivity index (χ1n) is 9.38. The standard InChI is InChI=1S/C21H25BrN4O4/c1-3-26(14-21(29)24-15-7-6-8-16(11-15)30-2)13-20(28)23-12-19(27)25-18-10-5-4-9-17(18)22/h4-11H,3,12-14H2,1-2H3,(H,23,28)(H,24,29)(H,25,27). The molecule has 0 atom stereocenters. The summed E-state index contributed by atoms with van der Waals surface area (Å²) in [5.41, 5.74) is 1.24. The van der Waals surface area contributed by atoms with Crippen LogP contribution in [0.4, 0.5) is 11.4 Å². The van der Waals surface area contributed by atoms with Crippen LogP contribution >= 0.6 is 15.9 Å². The summed E-state index contributed by atoms with van der Waals surface area (Å²) in [6.07, 6.45) is 0. The topological polar surface area (TPSA) is 99.8 Å². The summed E-state index contributed by atoms with van der Waals surface area (Å²) in [5.74, 6) is -0.285. The molecule has 0 bridgehead atoms. The van der Waals surface area contributed by atoms with Gasteiger partial charge >= 0.3 is 0 Å². The summed E-state index contributed by atoms with van der Waals surface area (Å²) in [6, 6.07) is 14.2. The molecule has 8 nitrogen and oxygen atoms in total. The van der Waals surface area contributed by atoms with Crippen LogP contribution in [0.15, 0.2) is 53.0 Å². The van der Waals surface area contributed by atoms with Crippen molar-refractivity contribution in [3.8, 4) is 5.75 Å². The third kappa shape index (κ3) is 7.84. The quantitative estimate of drug-likeness (QED) is 0.489. The van der Waals surface area contributed by atoms with Crippen LogP contribution in [0, 0.1) is 0 Å². The molecule has 0 aromatic heterocycles. The van der Waals surface area contributed by atoms with Crippen LogP contribution in [0.5, 0.6) is 5.75 Å². The van der Waals surface area contributed by atoms with Crippen LogP contribution in [0.3, 0.4) is 0 Å². The number of nitrogens with one attached hydrogen (secondary N) is 3. The van der Waals surface area contributed by atoms with Crippen molar-refractivity contribution in [3.05, 3.63) is 53.0 Å². The van der Waals surface area contributed by atoms with Gasteiger partial charge in [-0.2, -0.15) is 0 Å². The number of benzene rings is 2. The number of carbonyl (C=O) groups is 3. The van der Waals surface area contributed by atoms with Crippen molar-refractivity contribution < 1.29 is 19.1 Å². The molecule has 3 N–H and O–H groups in total. The molecule has 0 saturated carbocycles. The Kier molecular flexibility index (Phi) is 9.30. The molecular formula is C21H25BrN4O4. The van der Waals surface area contributed by atoms with Gasteiger partial charge < -0.3 is 20.7 Å². The molecule has 2 aromatic carbocycles. The number of likely N-dealkylation sites (N-methyl/N-ethyl adjacent to an activating group) is 1. The minimum atomic E-state index is -0.340. The molecule has 0 unspecified atom stereocenters. The zero-order valence-electron chi connectivity index (χ0n) is 16.9. The number of para-hydroxylation sites is 1.